The van der Waals surface area contributed by atoms with Crippen LogP contribution in [0.3, 0.4) is 0 Å². The molecule has 0 atom stereocenters. The van der Waals surface area contributed by atoms with E-state index >= 15 is 0 Å². The largest absolute Gasteiger partial charge is 0.440 e. The lowest BCUT2D eigenvalue weighted by atomic mass is 10.2. The van der Waals surface area contributed by atoms with Gasteiger partial charge in [-0.15, -0.1) is 0 Å². The number of hydrogen-bond donors (Lipinski definition) is 1. The van der Waals surface area contributed by atoms with E-state index in [0.717, 1.165) is 5.56 Å². The third-order valence-corrected chi connectivity index (χ3v) is 2.58. The van der Waals surface area contributed by atoms with Gasteiger partial charge in [-0.25, -0.2) is 0 Å². The molecular weight excluding hydrogens is 261 g/mol. The minimum Gasteiger partial charge on any atom is -0.440 e. The monoisotopic (exact) mass is 269 g/mol. The lowest BCUT2D eigenvalue weighted by Gasteiger charge is -2.03. The fourth-order valence-electron chi connectivity index (χ4n) is 1.35. The summed E-state index contributed by atoms with van der Waals surface area (Å²) in [6.45, 7) is 0.387. The maximum atomic E-state index is 11.6. The predicted octanol–water partition coefficient (Wildman–Crippen LogP) is 3.52. The third-order valence-electron chi connectivity index (χ3n) is 2.14. The summed E-state index contributed by atoms with van der Waals surface area (Å²) in [5.74, 6) is -0.117. The van der Waals surface area contributed by atoms with E-state index in [2.05, 4.69) is 5.32 Å². The highest BCUT2D eigenvalue weighted by Crippen LogP contribution is 2.13. The molecule has 1 amide bonds. The second kappa shape index (κ2) is 5.25. The summed E-state index contributed by atoms with van der Waals surface area (Å²) in [5.41, 5.74) is 0.920. The normalized spacial score (nSPS) is 10.2. The molecule has 0 radical (unpaired) electrons. The molecule has 1 aromatic carbocycles. The molecule has 0 bridgehead atoms. The molecule has 0 unspecified atom stereocenters. The Kier molecular flexibility index (Phi) is 3.71. The van der Waals surface area contributed by atoms with Crippen molar-refractivity contribution in [3.05, 3.63) is 58.0 Å². The molecular formula is C12H9Cl2NO2. The van der Waals surface area contributed by atoms with Gasteiger partial charge in [0.15, 0.2) is 11.0 Å². The van der Waals surface area contributed by atoms with Crippen LogP contribution in [0.25, 0.3) is 0 Å². The molecule has 2 rings (SSSR count). The molecule has 0 spiro atoms. The van der Waals surface area contributed by atoms with Crippen LogP contribution in [-0.2, 0) is 6.54 Å². The lowest BCUT2D eigenvalue weighted by molar-refractivity contribution is 0.0923. The van der Waals surface area contributed by atoms with Crippen LogP contribution in [0.15, 0.2) is 40.8 Å². The standard InChI is InChI=1S/C12H9Cl2NO2/c13-9-3-1-2-8(6-9)7-15-12(16)10-4-5-11(14)17-10/h1-6H,7H2,(H,15,16). The maximum absolute atomic E-state index is 11.6. The van der Waals surface area contributed by atoms with Crippen LogP contribution in [0.2, 0.25) is 10.2 Å². The molecule has 5 heteroatoms. The van der Waals surface area contributed by atoms with Gasteiger partial charge >= 0.3 is 0 Å². The quantitative estimate of drug-likeness (QED) is 0.927. The molecule has 1 heterocycles. The van der Waals surface area contributed by atoms with Gasteiger partial charge in [-0.05, 0) is 41.4 Å². The third kappa shape index (κ3) is 3.25. The van der Waals surface area contributed by atoms with Gasteiger partial charge in [-0.3, -0.25) is 4.79 Å². The van der Waals surface area contributed by atoms with E-state index in [1.54, 1.807) is 12.1 Å². The molecule has 1 N–H and O–H groups in total. The summed E-state index contributed by atoms with van der Waals surface area (Å²) in [5, 5.41) is 3.54. The van der Waals surface area contributed by atoms with Gasteiger partial charge in [0.25, 0.3) is 5.91 Å². The Morgan fingerprint density at radius 3 is 2.71 bits per heavy atom. The summed E-state index contributed by atoms with van der Waals surface area (Å²) >= 11 is 11.4. The minimum absolute atomic E-state index is 0.192. The van der Waals surface area contributed by atoms with Crippen molar-refractivity contribution in [3.8, 4) is 0 Å². The molecule has 1 aromatic heterocycles. The number of carbonyl (C=O) groups excluding carboxylic acids is 1. The molecule has 0 aliphatic heterocycles. The summed E-state index contributed by atoms with van der Waals surface area (Å²) < 4.78 is 4.98. The number of hydrogen-bond acceptors (Lipinski definition) is 2. The first-order valence-electron chi connectivity index (χ1n) is 4.93. The summed E-state index contributed by atoms with van der Waals surface area (Å²) in [4.78, 5) is 11.6. The number of rotatable bonds is 3. The number of nitrogens with one attached hydrogen (secondary N) is 1. The molecule has 17 heavy (non-hydrogen) atoms. The zero-order valence-corrected chi connectivity index (χ0v) is 10.3. The number of furan rings is 1. The van der Waals surface area contributed by atoms with Crippen LogP contribution in [0.5, 0.6) is 0 Å². The van der Waals surface area contributed by atoms with E-state index in [9.17, 15) is 4.79 Å². The molecule has 0 aliphatic rings. The molecule has 0 aliphatic carbocycles. The van der Waals surface area contributed by atoms with Crippen molar-refractivity contribution in [3.63, 3.8) is 0 Å². The van der Waals surface area contributed by atoms with E-state index in [-0.39, 0.29) is 16.9 Å². The second-order valence-electron chi connectivity index (χ2n) is 3.42. The van der Waals surface area contributed by atoms with Crippen molar-refractivity contribution < 1.29 is 9.21 Å². The fourth-order valence-corrected chi connectivity index (χ4v) is 1.71. The van der Waals surface area contributed by atoms with Crippen molar-refractivity contribution in [2.24, 2.45) is 0 Å². The molecule has 2 aromatic rings. The van der Waals surface area contributed by atoms with E-state index in [1.165, 1.54) is 12.1 Å². The Balaban J connectivity index is 1.97. The second-order valence-corrected chi connectivity index (χ2v) is 4.23. The van der Waals surface area contributed by atoms with Crippen molar-refractivity contribution in [2.45, 2.75) is 6.54 Å². The smallest absolute Gasteiger partial charge is 0.287 e. The van der Waals surface area contributed by atoms with Gasteiger partial charge in [0.2, 0.25) is 0 Å². The van der Waals surface area contributed by atoms with Crippen molar-refractivity contribution in [2.75, 3.05) is 0 Å². The van der Waals surface area contributed by atoms with Gasteiger partial charge in [-0.2, -0.15) is 0 Å². The van der Waals surface area contributed by atoms with Crippen LogP contribution < -0.4 is 5.32 Å². The summed E-state index contributed by atoms with van der Waals surface area (Å²) in [7, 11) is 0. The van der Waals surface area contributed by atoms with Gasteiger partial charge in [-0.1, -0.05) is 23.7 Å². The molecule has 0 saturated carbocycles. The van der Waals surface area contributed by atoms with Crippen molar-refractivity contribution in [1.29, 1.82) is 0 Å². The Hall–Kier alpha value is -1.45. The Bertz CT molecular complexity index is 537. The van der Waals surface area contributed by atoms with Crippen LogP contribution in [0.4, 0.5) is 0 Å². The summed E-state index contributed by atoms with van der Waals surface area (Å²) in [6, 6.07) is 10.3. The maximum Gasteiger partial charge on any atom is 0.287 e. The highest BCUT2D eigenvalue weighted by molar-refractivity contribution is 6.30. The average Bonchev–Trinajstić information content (AvgIpc) is 2.73. The molecule has 88 valence electrons. The van der Waals surface area contributed by atoms with Gasteiger partial charge in [0.1, 0.15) is 0 Å². The number of carbonyl (C=O) groups is 1. The van der Waals surface area contributed by atoms with Crippen LogP contribution in [0.1, 0.15) is 16.1 Å². The number of halogens is 2. The lowest BCUT2D eigenvalue weighted by Crippen LogP contribution is -2.22. The first-order chi connectivity index (χ1) is 8.15. The van der Waals surface area contributed by atoms with Gasteiger partial charge < -0.3 is 9.73 Å². The number of benzene rings is 1. The Morgan fingerprint density at radius 2 is 2.06 bits per heavy atom. The zero-order chi connectivity index (χ0) is 12.3. The SMILES string of the molecule is O=C(NCc1cccc(Cl)c1)c1ccc(Cl)o1. The average molecular weight is 270 g/mol. The first kappa shape index (κ1) is 12.0. The number of amides is 1. The van der Waals surface area contributed by atoms with E-state index in [0.29, 0.717) is 11.6 Å². The van der Waals surface area contributed by atoms with Gasteiger partial charge in [0.05, 0.1) is 0 Å². The van der Waals surface area contributed by atoms with Crippen molar-refractivity contribution in [1.82, 2.24) is 5.32 Å². The van der Waals surface area contributed by atoms with E-state index in [1.807, 2.05) is 12.1 Å². The fraction of sp³-hybridized carbons (Fsp3) is 0.0833. The highest BCUT2D eigenvalue weighted by Gasteiger charge is 2.09. The highest BCUT2D eigenvalue weighted by atomic mass is 35.5. The Morgan fingerprint density at radius 1 is 1.24 bits per heavy atom. The molecule has 0 fully saturated rings. The topological polar surface area (TPSA) is 42.2 Å². The van der Waals surface area contributed by atoms with E-state index < -0.39 is 0 Å². The molecule has 0 saturated heterocycles. The van der Waals surface area contributed by atoms with Crippen molar-refractivity contribution >= 4 is 29.1 Å². The minimum atomic E-state index is -0.308. The van der Waals surface area contributed by atoms with Gasteiger partial charge in [0, 0.05) is 11.6 Å². The molecule has 3 nitrogen and oxygen atoms in total. The first-order valence-corrected chi connectivity index (χ1v) is 5.69. The van der Waals surface area contributed by atoms with Crippen LogP contribution in [-0.4, -0.2) is 5.91 Å². The van der Waals surface area contributed by atoms with E-state index in [4.69, 9.17) is 27.6 Å². The van der Waals surface area contributed by atoms with Crippen LogP contribution >= 0.6 is 23.2 Å². The summed E-state index contributed by atoms with van der Waals surface area (Å²) in [6.07, 6.45) is 0. The zero-order valence-electron chi connectivity index (χ0n) is 8.74. The predicted molar refractivity (Wildman–Crippen MR) is 66.3 cm³/mol. The van der Waals surface area contributed by atoms with Crippen LogP contribution in [0, 0.1) is 0 Å². The Labute approximate surface area is 108 Å².